The first kappa shape index (κ1) is 16.1. The Morgan fingerprint density at radius 1 is 1.08 bits per heavy atom. The van der Waals surface area contributed by atoms with Crippen molar-refractivity contribution in [1.29, 1.82) is 5.26 Å². The summed E-state index contributed by atoms with van der Waals surface area (Å²) in [6.45, 7) is 0.627. The Hall–Kier alpha value is -3.72. The van der Waals surface area contributed by atoms with Gasteiger partial charge >= 0.3 is 0 Å². The van der Waals surface area contributed by atoms with Crippen LogP contribution in [0.2, 0.25) is 0 Å². The van der Waals surface area contributed by atoms with E-state index < -0.39 is 0 Å². The number of aromatic nitrogens is 2. The predicted octanol–water partition coefficient (Wildman–Crippen LogP) is 3.21. The molecule has 6 nitrogen and oxygen atoms in total. The molecule has 0 aliphatic rings. The molecular formula is C19H15N5O. The number of pyridine rings is 2. The topological polar surface area (TPSA) is 90.7 Å². The van der Waals surface area contributed by atoms with Gasteiger partial charge in [-0.2, -0.15) is 5.26 Å². The van der Waals surface area contributed by atoms with Gasteiger partial charge in [-0.05, 0) is 42.0 Å². The number of nitrogens with one attached hydrogen (secondary N) is 2. The second-order valence-corrected chi connectivity index (χ2v) is 5.29. The molecule has 2 heterocycles. The van der Waals surface area contributed by atoms with Gasteiger partial charge in [-0.1, -0.05) is 12.1 Å². The number of carbonyl (C=O) groups is 1. The molecule has 3 rings (SSSR count). The Morgan fingerprint density at radius 3 is 2.72 bits per heavy atom. The van der Waals surface area contributed by atoms with Gasteiger partial charge in [0, 0.05) is 24.6 Å². The highest BCUT2D eigenvalue weighted by molar-refractivity contribution is 6.03. The molecule has 0 aliphatic carbocycles. The van der Waals surface area contributed by atoms with Crippen LogP contribution in [0.1, 0.15) is 21.6 Å². The molecule has 25 heavy (non-hydrogen) atoms. The van der Waals surface area contributed by atoms with Gasteiger partial charge in [0.1, 0.15) is 5.69 Å². The first-order valence-corrected chi connectivity index (χ1v) is 7.65. The average Bonchev–Trinajstić information content (AvgIpc) is 2.67. The van der Waals surface area contributed by atoms with Crippen LogP contribution in [0.25, 0.3) is 0 Å². The summed E-state index contributed by atoms with van der Waals surface area (Å²) in [6, 6.07) is 16.1. The van der Waals surface area contributed by atoms with Gasteiger partial charge in [-0.3, -0.25) is 9.78 Å². The summed E-state index contributed by atoms with van der Waals surface area (Å²) in [7, 11) is 0. The van der Waals surface area contributed by atoms with E-state index in [1.165, 1.54) is 0 Å². The lowest BCUT2D eigenvalue weighted by Crippen LogP contribution is -2.13. The Kier molecular flexibility index (Phi) is 4.98. The highest BCUT2D eigenvalue weighted by Gasteiger charge is 2.08. The van der Waals surface area contributed by atoms with Crippen LogP contribution in [-0.2, 0) is 6.54 Å². The average molecular weight is 329 g/mol. The van der Waals surface area contributed by atoms with Crippen LogP contribution in [0.15, 0.2) is 67.1 Å². The third-order valence-corrected chi connectivity index (χ3v) is 3.47. The van der Waals surface area contributed by atoms with Crippen molar-refractivity contribution >= 4 is 17.3 Å². The highest BCUT2D eigenvalue weighted by atomic mass is 16.1. The molecule has 0 unspecified atom stereocenters. The molecule has 3 aromatic rings. The number of hydrogen-bond donors (Lipinski definition) is 2. The minimum absolute atomic E-state index is 0.300. The quantitative estimate of drug-likeness (QED) is 0.750. The predicted molar refractivity (Wildman–Crippen MR) is 94.9 cm³/mol. The van der Waals surface area contributed by atoms with E-state index in [-0.39, 0.29) is 5.91 Å². The molecular weight excluding hydrogens is 314 g/mol. The number of nitrogens with zero attached hydrogens (tertiary/aromatic N) is 3. The van der Waals surface area contributed by atoms with Crippen molar-refractivity contribution < 1.29 is 4.79 Å². The highest BCUT2D eigenvalue weighted by Crippen LogP contribution is 2.13. The lowest BCUT2D eigenvalue weighted by Gasteiger charge is -2.08. The SMILES string of the molecule is N#Cc1cccc(NC(=O)c2ccc(NCc3cccnc3)cn2)c1. The van der Waals surface area contributed by atoms with Gasteiger partial charge in [-0.25, -0.2) is 4.98 Å². The molecule has 0 aliphatic heterocycles. The standard InChI is InChI=1S/C19H15N5O/c20-10-14-3-1-5-16(9-14)24-19(25)18-7-6-17(13-23-18)22-12-15-4-2-8-21-11-15/h1-9,11,13,22H,12H2,(H,24,25). The lowest BCUT2D eigenvalue weighted by atomic mass is 10.2. The number of benzene rings is 1. The van der Waals surface area contributed by atoms with Crippen LogP contribution in [0.4, 0.5) is 11.4 Å². The molecule has 6 heteroatoms. The monoisotopic (exact) mass is 329 g/mol. The second-order valence-electron chi connectivity index (χ2n) is 5.29. The van der Waals surface area contributed by atoms with Crippen LogP contribution < -0.4 is 10.6 Å². The molecule has 122 valence electrons. The van der Waals surface area contributed by atoms with Gasteiger partial charge in [0.05, 0.1) is 23.5 Å². The maximum atomic E-state index is 12.2. The van der Waals surface area contributed by atoms with Crippen molar-refractivity contribution in [2.75, 3.05) is 10.6 Å². The van der Waals surface area contributed by atoms with Gasteiger partial charge < -0.3 is 10.6 Å². The Morgan fingerprint density at radius 2 is 2.00 bits per heavy atom. The first-order valence-electron chi connectivity index (χ1n) is 7.65. The van der Waals surface area contributed by atoms with Gasteiger partial charge in [0.2, 0.25) is 0 Å². The van der Waals surface area contributed by atoms with E-state index in [1.807, 2.05) is 18.2 Å². The zero-order valence-corrected chi connectivity index (χ0v) is 13.3. The molecule has 0 saturated heterocycles. The Bertz CT molecular complexity index is 901. The lowest BCUT2D eigenvalue weighted by molar-refractivity contribution is 0.102. The van der Waals surface area contributed by atoms with Crippen LogP contribution in [0.5, 0.6) is 0 Å². The zero-order valence-electron chi connectivity index (χ0n) is 13.3. The Labute approximate surface area is 145 Å². The largest absolute Gasteiger partial charge is 0.380 e. The molecule has 0 saturated carbocycles. The van der Waals surface area contributed by atoms with Crippen LogP contribution in [-0.4, -0.2) is 15.9 Å². The molecule has 2 N–H and O–H groups in total. The summed E-state index contributed by atoms with van der Waals surface area (Å²) in [6.07, 6.45) is 5.12. The second kappa shape index (κ2) is 7.70. The number of rotatable bonds is 5. The van der Waals surface area contributed by atoms with E-state index in [0.717, 1.165) is 11.3 Å². The maximum Gasteiger partial charge on any atom is 0.274 e. The molecule has 1 aromatic carbocycles. The zero-order chi connectivity index (χ0) is 17.5. The van der Waals surface area contributed by atoms with Crippen LogP contribution in [0.3, 0.4) is 0 Å². The summed E-state index contributed by atoms with van der Waals surface area (Å²) in [5.41, 5.74) is 3.22. The molecule has 0 bridgehead atoms. The normalized spacial score (nSPS) is 9.88. The molecule has 0 atom stereocenters. The van der Waals surface area contributed by atoms with Crippen molar-refractivity contribution in [2.45, 2.75) is 6.54 Å². The van der Waals surface area contributed by atoms with Gasteiger partial charge in [-0.15, -0.1) is 0 Å². The van der Waals surface area contributed by atoms with Crippen molar-refractivity contribution in [1.82, 2.24) is 9.97 Å². The van der Waals surface area contributed by atoms with E-state index in [1.54, 1.807) is 55.0 Å². The van der Waals surface area contributed by atoms with Crippen molar-refractivity contribution in [3.8, 4) is 6.07 Å². The van der Waals surface area contributed by atoms with E-state index >= 15 is 0 Å². The number of carbonyl (C=O) groups excluding carboxylic acids is 1. The van der Waals surface area contributed by atoms with E-state index in [2.05, 4.69) is 20.6 Å². The molecule has 2 aromatic heterocycles. The smallest absolute Gasteiger partial charge is 0.274 e. The molecule has 1 amide bonds. The van der Waals surface area contributed by atoms with Crippen LogP contribution in [0, 0.1) is 11.3 Å². The number of amides is 1. The maximum absolute atomic E-state index is 12.2. The van der Waals surface area contributed by atoms with Gasteiger partial charge in [0.25, 0.3) is 5.91 Å². The summed E-state index contributed by atoms with van der Waals surface area (Å²) in [4.78, 5) is 20.5. The summed E-state index contributed by atoms with van der Waals surface area (Å²) in [5, 5.41) is 14.8. The molecule has 0 spiro atoms. The molecule has 0 fully saturated rings. The summed E-state index contributed by atoms with van der Waals surface area (Å²) < 4.78 is 0. The first-order chi connectivity index (χ1) is 12.2. The van der Waals surface area contributed by atoms with Crippen molar-refractivity contribution in [3.05, 3.63) is 83.9 Å². The molecule has 0 radical (unpaired) electrons. The van der Waals surface area contributed by atoms with E-state index in [0.29, 0.717) is 23.5 Å². The van der Waals surface area contributed by atoms with E-state index in [4.69, 9.17) is 5.26 Å². The Balaban J connectivity index is 1.61. The third kappa shape index (κ3) is 4.39. The number of nitriles is 1. The van der Waals surface area contributed by atoms with Crippen molar-refractivity contribution in [2.24, 2.45) is 0 Å². The number of hydrogen-bond acceptors (Lipinski definition) is 5. The minimum Gasteiger partial charge on any atom is -0.380 e. The number of anilines is 2. The van der Waals surface area contributed by atoms with Gasteiger partial charge in [0.15, 0.2) is 0 Å². The fraction of sp³-hybridized carbons (Fsp3) is 0.0526. The summed E-state index contributed by atoms with van der Waals surface area (Å²) in [5.74, 6) is -0.325. The fourth-order valence-corrected chi connectivity index (χ4v) is 2.20. The minimum atomic E-state index is -0.325. The summed E-state index contributed by atoms with van der Waals surface area (Å²) >= 11 is 0. The van der Waals surface area contributed by atoms with E-state index in [9.17, 15) is 4.79 Å². The third-order valence-electron chi connectivity index (χ3n) is 3.47. The van der Waals surface area contributed by atoms with Crippen LogP contribution >= 0.6 is 0 Å². The fourth-order valence-electron chi connectivity index (χ4n) is 2.20. The van der Waals surface area contributed by atoms with Crippen molar-refractivity contribution in [3.63, 3.8) is 0 Å².